The number of thiazole rings is 2. The monoisotopic (exact) mass is 641 g/mol. The number of nitrogens with one attached hydrogen (secondary N) is 1. The van der Waals surface area contributed by atoms with Gasteiger partial charge in [0, 0.05) is 18.9 Å². The first-order chi connectivity index (χ1) is 18.3. The molecule has 8 nitrogen and oxygen atoms in total. The SMILES string of the molecule is CC(C)(C)OC(=O)N[C@@H](Cc1ccc(C(F)(F)F)cc1)CN(C=O)c1nc(Br)c(-c2nc3ccncc3s2)s1. The molecule has 3 heterocycles. The zero-order valence-electron chi connectivity index (χ0n) is 21.0. The highest BCUT2D eigenvalue weighted by Crippen LogP contribution is 2.41. The molecule has 3 aromatic heterocycles. The number of aromatic nitrogens is 3. The second-order valence-corrected chi connectivity index (χ2v) is 12.2. The lowest BCUT2D eigenvalue weighted by Crippen LogP contribution is -2.46. The highest BCUT2D eigenvalue weighted by atomic mass is 79.9. The second-order valence-electron chi connectivity index (χ2n) is 9.48. The molecular formula is C25H23BrF3N5O3S2. The Morgan fingerprint density at radius 1 is 1.15 bits per heavy atom. The fraction of sp³-hybridized carbons (Fsp3) is 0.320. The van der Waals surface area contributed by atoms with Gasteiger partial charge in [0.15, 0.2) is 5.13 Å². The van der Waals surface area contributed by atoms with Crippen LogP contribution in [0.2, 0.25) is 0 Å². The van der Waals surface area contributed by atoms with Gasteiger partial charge in [-0.05, 0) is 66.9 Å². The molecule has 0 aliphatic carbocycles. The number of rotatable bonds is 8. The lowest BCUT2D eigenvalue weighted by molar-refractivity contribution is -0.137. The number of anilines is 1. The van der Waals surface area contributed by atoms with E-state index in [1.165, 1.54) is 39.7 Å². The van der Waals surface area contributed by atoms with Crippen LogP contribution >= 0.6 is 38.6 Å². The average Bonchev–Trinajstić information content (AvgIpc) is 3.44. The molecule has 4 rings (SSSR count). The number of carbonyl (C=O) groups excluding carboxylic acids is 2. The number of nitrogens with zero attached hydrogens (tertiary/aromatic N) is 4. The maximum atomic E-state index is 13.0. The van der Waals surface area contributed by atoms with Crippen LogP contribution < -0.4 is 10.2 Å². The van der Waals surface area contributed by atoms with E-state index in [1.54, 1.807) is 39.2 Å². The number of carbonyl (C=O) groups is 2. The van der Waals surface area contributed by atoms with Gasteiger partial charge in [-0.1, -0.05) is 23.5 Å². The van der Waals surface area contributed by atoms with Crippen molar-refractivity contribution in [3.63, 3.8) is 0 Å². The van der Waals surface area contributed by atoms with Crippen LogP contribution in [0.1, 0.15) is 31.9 Å². The standard InChI is InChI=1S/C25H23BrF3N5O3S2/c1-24(2,3)37-23(36)31-16(10-14-4-6-15(7-5-14)25(27,28)29)12-34(13-35)22-33-20(26)19(39-22)21-32-17-8-9-30-11-18(17)38-21/h4-9,11,13,16H,10,12H2,1-3H3,(H,31,36)/t16-/m0/s1. The Balaban J connectivity index is 1.58. The molecule has 39 heavy (non-hydrogen) atoms. The number of alkyl carbamates (subject to hydrolysis) is 1. The summed E-state index contributed by atoms with van der Waals surface area (Å²) in [6, 6.07) is 5.76. The highest BCUT2D eigenvalue weighted by Gasteiger charge is 2.30. The number of amides is 2. The number of pyridine rings is 1. The van der Waals surface area contributed by atoms with Gasteiger partial charge in [0.05, 0.1) is 26.7 Å². The summed E-state index contributed by atoms with van der Waals surface area (Å²) < 4.78 is 45.8. The molecule has 2 amide bonds. The lowest BCUT2D eigenvalue weighted by atomic mass is 10.0. The van der Waals surface area contributed by atoms with Crippen molar-refractivity contribution in [2.75, 3.05) is 11.4 Å². The smallest absolute Gasteiger partial charge is 0.416 e. The van der Waals surface area contributed by atoms with Gasteiger partial charge >= 0.3 is 12.3 Å². The predicted molar refractivity (Wildman–Crippen MR) is 148 cm³/mol. The van der Waals surface area contributed by atoms with Crippen LogP contribution in [0.25, 0.3) is 20.1 Å². The van der Waals surface area contributed by atoms with Gasteiger partial charge < -0.3 is 10.1 Å². The Labute approximate surface area is 238 Å². The first-order valence-electron chi connectivity index (χ1n) is 11.6. The van der Waals surface area contributed by atoms with Crippen LogP contribution in [0.4, 0.5) is 23.1 Å². The van der Waals surface area contributed by atoms with Gasteiger partial charge in [-0.2, -0.15) is 13.2 Å². The molecule has 0 saturated heterocycles. The Bertz CT molecular complexity index is 1440. The van der Waals surface area contributed by atoms with Crippen LogP contribution in [-0.2, 0) is 22.1 Å². The molecule has 0 fully saturated rings. The van der Waals surface area contributed by atoms with E-state index in [2.05, 4.69) is 36.2 Å². The van der Waals surface area contributed by atoms with Crippen molar-refractivity contribution in [2.24, 2.45) is 0 Å². The summed E-state index contributed by atoms with van der Waals surface area (Å²) in [5.41, 5.74) is -0.214. The van der Waals surface area contributed by atoms with Crippen molar-refractivity contribution in [3.05, 3.63) is 58.5 Å². The minimum absolute atomic E-state index is 0.00702. The minimum Gasteiger partial charge on any atom is -0.444 e. The summed E-state index contributed by atoms with van der Waals surface area (Å²) in [6.07, 6.45) is -1.06. The molecule has 1 atom stereocenters. The first-order valence-corrected chi connectivity index (χ1v) is 14.0. The molecule has 0 spiro atoms. The zero-order valence-corrected chi connectivity index (χ0v) is 24.2. The molecule has 1 aromatic carbocycles. The fourth-order valence-corrected chi connectivity index (χ4v) is 6.36. The quantitative estimate of drug-likeness (QED) is 0.215. The van der Waals surface area contributed by atoms with Gasteiger partial charge in [-0.15, -0.1) is 11.3 Å². The third-order valence-corrected chi connectivity index (χ3v) is 8.32. The Morgan fingerprint density at radius 2 is 1.87 bits per heavy atom. The fourth-order valence-electron chi connectivity index (χ4n) is 3.58. The van der Waals surface area contributed by atoms with E-state index in [0.29, 0.717) is 26.7 Å². The number of benzene rings is 1. The van der Waals surface area contributed by atoms with E-state index >= 15 is 0 Å². The molecule has 206 valence electrons. The van der Waals surface area contributed by atoms with Crippen molar-refractivity contribution in [1.82, 2.24) is 20.3 Å². The van der Waals surface area contributed by atoms with Crippen LogP contribution in [0.15, 0.2) is 47.3 Å². The van der Waals surface area contributed by atoms with Gasteiger partial charge in [0.2, 0.25) is 6.41 Å². The van der Waals surface area contributed by atoms with Gasteiger partial charge in [0.1, 0.15) is 15.2 Å². The second kappa shape index (κ2) is 11.6. The number of ether oxygens (including phenoxy) is 1. The summed E-state index contributed by atoms with van der Waals surface area (Å²) in [4.78, 5) is 40.0. The third kappa shape index (κ3) is 7.51. The van der Waals surface area contributed by atoms with E-state index in [4.69, 9.17) is 4.74 Å². The van der Waals surface area contributed by atoms with Crippen LogP contribution in [0, 0.1) is 0 Å². The molecule has 0 aliphatic rings. The first kappa shape index (κ1) is 28.9. The van der Waals surface area contributed by atoms with Crippen LogP contribution in [-0.4, -0.2) is 45.6 Å². The molecule has 14 heteroatoms. The topological polar surface area (TPSA) is 97.3 Å². The Morgan fingerprint density at radius 3 is 2.49 bits per heavy atom. The summed E-state index contributed by atoms with van der Waals surface area (Å²) in [7, 11) is 0. The van der Waals surface area contributed by atoms with E-state index in [1.807, 2.05) is 0 Å². The molecule has 0 saturated carbocycles. The van der Waals surface area contributed by atoms with Crippen LogP contribution in [0.3, 0.4) is 0 Å². The zero-order chi connectivity index (χ0) is 28.4. The predicted octanol–water partition coefficient (Wildman–Crippen LogP) is 6.69. The molecule has 1 N–H and O–H groups in total. The van der Waals surface area contributed by atoms with Gasteiger partial charge in [0.25, 0.3) is 0 Å². The number of halogens is 4. The van der Waals surface area contributed by atoms with Crippen molar-refractivity contribution < 1.29 is 27.5 Å². The number of alkyl halides is 3. The van der Waals surface area contributed by atoms with Crippen molar-refractivity contribution in [3.8, 4) is 9.88 Å². The summed E-state index contributed by atoms with van der Waals surface area (Å²) in [6.45, 7) is 5.12. The lowest BCUT2D eigenvalue weighted by Gasteiger charge is -2.26. The van der Waals surface area contributed by atoms with Crippen molar-refractivity contribution in [1.29, 1.82) is 0 Å². The summed E-state index contributed by atoms with van der Waals surface area (Å²) >= 11 is 6.12. The maximum Gasteiger partial charge on any atom is 0.416 e. The van der Waals surface area contributed by atoms with E-state index < -0.39 is 29.5 Å². The normalized spacial score (nSPS) is 12.8. The number of hydrogen-bond donors (Lipinski definition) is 1. The molecule has 0 unspecified atom stereocenters. The molecular weight excluding hydrogens is 619 g/mol. The van der Waals surface area contributed by atoms with Gasteiger partial charge in [-0.3, -0.25) is 14.7 Å². The third-order valence-electron chi connectivity index (χ3n) is 5.23. The average molecular weight is 643 g/mol. The number of hydrogen-bond acceptors (Lipinski definition) is 8. The summed E-state index contributed by atoms with van der Waals surface area (Å²) in [5, 5.41) is 3.79. The van der Waals surface area contributed by atoms with Crippen LogP contribution in [0.5, 0.6) is 0 Å². The van der Waals surface area contributed by atoms with Gasteiger partial charge in [-0.25, -0.2) is 14.8 Å². The maximum absolute atomic E-state index is 13.0. The molecule has 4 aromatic rings. The summed E-state index contributed by atoms with van der Waals surface area (Å²) in [5.74, 6) is 0. The molecule has 0 aliphatic heterocycles. The minimum atomic E-state index is -4.46. The van der Waals surface area contributed by atoms with Crippen molar-refractivity contribution in [2.45, 2.75) is 45.0 Å². The highest BCUT2D eigenvalue weighted by molar-refractivity contribution is 9.10. The Kier molecular flexibility index (Phi) is 8.57. The van der Waals surface area contributed by atoms with E-state index in [0.717, 1.165) is 27.2 Å². The van der Waals surface area contributed by atoms with Crippen molar-refractivity contribution >= 4 is 66.5 Å². The van der Waals surface area contributed by atoms with E-state index in [9.17, 15) is 22.8 Å². The molecule has 0 radical (unpaired) electrons. The molecule has 0 bridgehead atoms. The Hall–Kier alpha value is -3.10. The largest absolute Gasteiger partial charge is 0.444 e. The number of fused-ring (bicyclic) bond motifs is 1. The van der Waals surface area contributed by atoms with E-state index in [-0.39, 0.29) is 13.0 Å².